The molecule has 2 aromatic carbocycles. The Kier molecular flexibility index (Phi) is 4.40. The number of phosphoric acid groups is 1. The summed E-state index contributed by atoms with van der Waals surface area (Å²) in [5.74, 6) is 0.768. The van der Waals surface area contributed by atoms with Crippen molar-refractivity contribution in [1.29, 1.82) is 0 Å². The molecule has 0 atom stereocenters. The van der Waals surface area contributed by atoms with E-state index in [2.05, 4.69) is 0 Å². The van der Waals surface area contributed by atoms with E-state index in [1.165, 1.54) is 0 Å². The maximum Gasteiger partial charge on any atom is 0.584 e. The van der Waals surface area contributed by atoms with E-state index in [1.807, 2.05) is 64.1 Å². The Labute approximate surface area is 125 Å². The zero-order chi connectivity index (χ0) is 15.6. The molecule has 0 amide bonds. The van der Waals surface area contributed by atoms with Crippen LogP contribution < -0.4 is 9.05 Å². The second-order valence-electron chi connectivity index (χ2n) is 5.09. The van der Waals surface area contributed by atoms with Crippen LogP contribution in [0.1, 0.15) is 22.3 Å². The van der Waals surface area contributed by atoms with Crippen molar-refractivity contribution >= 4 is 7.82 Å². The number of hydrogen-bond donors (Lipinski definition) is 1. The van der Waals surface area contributed by atoms with Crippen LogP contribution in [0.2, 0.25) is 0 Å². The molecule has 0 heterocycles. The molecule has 0 unspecified atom stereocenters. The fourth-order valence-electron chi connectivity index (χ4n) is 2.14. The van der Waals surface area contributed by atoms with Crippen molar-refractivity contribution in [3.63, 3.8) is 0 Å². The summed E-state index contributed by atoms with van der Waals surface area (Å²) in [5, 5.41) is 0. The number of para-hydroxylation sites is 2. The Morgan fingerprint density at radius 1 is 0.762 bits per heavy atom. The Morgan fingerprint density at radius 2 is 1.05 bits per heavy atom. The van der Waals surface area contributed by atoms with Crippen LogP contribution in [-0.4, -0.2) is 4.89 Å². The molecule has 2 rings (SSSR count). The fourth-order valence-corrected chi connectivity index (χ4v) is 3.21. The summed E-state index contributed by atoms with van der Waals surface area (Å²) in [6.45, 7) is 7.28. The van der Waals surface area contributed by atoms with Crippen molar-refractivity contribution in [3.05, 3.63) is 58.7 Å². The first kappa shape index (κ1) is 15.6. The van der Waals surface area contributed by atoms with Crippen molar-refractivity contribution in [2.75, 3.05) is 0 Å². The predicted octanol–water partition coefficient (Wildman–Crippen LogP) is 4.48. The maximum atomic E-state index is 12.3. The minimum Gasteiger partial charge on any atom is -0.395 e. The molecule has 0 aromatic heterocycles. The smallest absolute Gasteiger partial charge is 0.395 e. The number of rotatable bonds is 4. The highest BCUT2D eigenvalue weighted by Crippen LogP contribution is 2.47. The van der Waals surface area contributed by atoms with E-state index in [9.17, 15) is 9.46 Å². The van der Waals surface area contributed by atoms with Crippen molar-refractivity contribution in [2.45, 2.75) is 27.7 Å². The fraction of sp³-hybridized carbons (Fsp3) is 0.250. The highest BCUT2D eigenvalue weighted by atomic mass is 31.2. The lowest BCUT2D eigenvalue weighted by molar-refractivity contribution is 0.288. The van der Waals surface area contributed by atoms with Crippen LogP contribution in [0.5, 0.6) is 11.5 Å². The van der Waals surface area contributed by atoms with Crippen molar-refractivity contribution in [3.8, 4) is 11.5 Å². The molecule has 21 heavy (non-hydrogen) atoms. The van der Waals surface area contributed by atoms with Gasteiger partial charge in [-0.2, -0.15) is 0 Å². The normalized spacial score (nSPS) is 11.3. The van der Waals surface area contributed by atoms with Gasteiger partial charge in [0.2, 0.25) is 0 Å². The van der Waals surface area contributed by atoms with Gasteiger partial charge in [0.25, 0.3) is 0 Å². The van der Waals surface area contributed by atoms with Gasteiger partial charge in [-0.15, -0.1) is 0 Å². The Hall–Kier alpha value is -1.77. The topological polar surface area (TPSA) is 55.8 Å². The SMILES string of the molecule is Cc1cccc(C)c1OP(=O)(O)Oc1c(C)cccc1C. The average Bonchev–Trinajstić information content (AvgIpc) is 2.39. The summed E-state index contributed by atoms with van der Waals surface area (Å²) in [6.07, 6.45) is 0. The first-order valence-corrected chi connectivity index (χ1v) is 8.14. The van der Waals surface area contributed by atoms with Crippen molar-refractivity contribution < 1.29 is 18.5 Å². The zero-order valence-electron chi connectivity index (χ0n) is 12.6. The summed E-state index contributed by atoms with van der Waals surface area (Å²) in [7, 11) is -4.24. The quantitative estimate of drug-likeness (QED) is 0.846. The highest BCUT2D eigenvalue weighted by molar-refractivity contribution is 7.48. The summed E-state index contributed by atoms with van der Waals surface area (Å²) in [4.78, 5) is 10.0. The van der Waals surface area contributed by atoms with Crippen LogP contribution in [0.4, 0.5) is 0 Å². The molecule has 0 spiro atoms. The molecule has 0 aliphatic heterocycles. The van der Waals surface area contributed by atoms with Crippen LogP contribution in [0, 0.1) is 27.7 Å². The van der Waals surface area contributed by atoms with Crippen LogP contribution in [0.15, 0.2) is 36.4 Å². The summed E-state index contributed by atoms with van der Waals surface area (Å²) in [5.41, 5.74) is 3.15. The summed E-state index contributed by atoms with van der Waals surface area (Å²) >= 11 is 0. The van der Waals surface area contributed by atoms with Crippen LogP contribution in [0.3, 0.4) is 0 Å². The first-order chi connectivity index (χ1) is 9.80. The molecular weight excluding hydrogens is 287 g/mol. The van der Waals surface area contributed by atoms with Crippen molar-refractivity contribution in [1.82, 2.24) is 0 Å². The standard InChI is InChI=1S/C16H19O4P/c1-11-7-5-8-12(2)15(11)19-21(17,18)20-16-13(3)9-6-10-14(16)4/h5-10H,1-4H3,(H,17,18). The van der Waals surface area contributed by atoms with Gasteiger partial charge < -0.3 is 9.05 Å². The van der Waals surface area contributed by atoms with Gasteiger partial charge in [0.1, 0.15) is 11.5 Å². The van der Waals surface area contributed by atoms with Gasteiger partial charge in [0.15, 0.2) is 0 Å². The largest absolute Gasteiger partial charge is 0.584 e. The number of aryl methyl sites for hydroxylation is 4. The minimum absolute atomic E-state index is 0.384. The van der Waals surface area contributed by atoms with E-state index in [1.54, 1.807) is 0 Å². The van der Waals surface area contributed by atoms with E-state index in [-0.39, 0.29) is 0 Å². The average molecular weight is 306 g/mol. The molecule has 1 N–H and O–H groups in total. The number of benzene rings is 2. The Balaban J connectivity index is 2.29. The van der Waals surface area contributed by atoms with E-state index in [0.29, 0.717) is 11.5 Å². The van der Waals surface area contributed by atoms with Gasteiger partial charge >= 0.3 is 7.82 Å². The molecule has 0 aliphatic rings. The second-order valence-corrected chi connectivity index (χ2v) is 6.40. The Bertz CT molecular complexity index is 611. The summed E-state index contributed by atoms with van der Waals surface area (Å²) in [6, 6.07) is 11.0. The minimum atomic E-state index is -4.24. The zero-order valence-corrected chi connectivity index (χ0v) is 13.5. The molecule has 0 saturated carbocycles. The van der Waals surface area contributed by atoms with Crippen LogP contribution in [-0.2, 0) is 4.57 Å². The molecule has 0 saturated heterocycles. The van der Waals surface area contributed by atoms with Gasteiger partial charge in [0, 0.05) is 0 Å². The summed E-state index contributed by atoms with van der Waals surface area (Å²) < 4.78 is 22.8. The molecule has 0 radical (unpaired) electrons. The molecule has 0 bridgehead atoms. The van der Waals surface area contributed by atoms with Gasteiger partial charge in [-0.1, -0.05) is 36.4 Å². The molecule has 4 nitrogen and oxygen atoms in total. The third-order valence-corrected chi connectivity index (χ3v) is 4.06. The van der Waals surface area contributed by atoms with Crippen LogP contribution >= 0.6 is 7.82 Å². The second kappa shape index (κ2) is 5.92. The lowest BCUT2D eigenvalue weighted by Crippen LogP contribution is -2.04. The lowest BCUT2D eigenvalue weighted by atomic mass is 10.1. The molecule has 112 valence electrons. The Morgan fingerprint density at radius 3 is 1.33 bits per heavy atom. The number of hydrogen-bond acceptors (Lipinski definition) is 3. The maximum absolute atomic E-state index is 12.3. The molecular formula is C16H19O4P. The van der Waals surface area contributed by atoms with Gasteiger partial charge in [-0.05, 0) is 49.9 Å². The monoisotopic (exact) mass is 306 g/mol. The highest BCUT2D eigenvalue weighted by Gasteiger charge is 2.28. The predicted molar refractivity (Wildman–Crippen MR) is 82.9 cm³/mol. The first-order valence-electron chi connectivity index (χ1n) is 6.64. The van der Waals surface area contributed by atoms with E-state index < -0.39 is 7.82 Å². The lowest BCUT2D eigenvalue weighted by Gasteiger charge is -2.18. The molecule has 2 aromatic rings. The van der Waals surface area contributed by atoms with E-state index in [4.69, 9.17) is 9.05 Å². The molecule has 0 aliphatic carbocycles. The van der Waals surface area contributed by atoms with Gasteiger partial charge in [-0.3, -0.25) is 4.89 Å². The van der Waals surface area contributed by atoms with Crippen molar-refractivity contribution in [2.24, 2.45) is 0 Å². The van der Waals surface area contributed by atoms with E-state index >= 15 is 0 Å². The van der Waals surface area contributed by atoms with E-state index in [0.717, 1.165) is 22.3 Å². The third kappa shape index (κ3) is 3.66. The van der Waals surface area contributed by atoms with Crippen LogP contribution in [0.25, 0.3) is 0 Å². The van der Waals surface area contributed by atoms with Gasteiger partial charge in [0.05, 0.1) is 0 Å². The third-order valence-electron chi connectivity index (χ3n) is 3.23. The molecule has 0 fully saturated rings. The number of phosphoric ester groups is 1. The van der Waals surface area contributed by atoms with Gasteiger partial charge in [-0.25, -0.2) is 4.57 Å². The molecule has 5 heteroatoms.